The first-order valence-electron chi connectivity index (χ1n) is 8.53. The van der Waals surface area contributed by atoms with Gasteiger partial charge in [-0.2, -0.15) is 0 Å². The van der Waals surface area contributed by atoms with Gasteiger partial charge in [-0.05, 0) is 24.1 Å². The largest absolute Gasteiger partial charge is 0.442 e. The summed E-state index contributed by atoms with van der Waals surface area (Å²) in [6, 6.07) is 7.31. The Labute approximate surface area is 166 Å². The number of carbonyl (C=O) groups is 3. The second-order valence-corrected chi connectivity index (χ2v) is 8.26. The Morgan fingerprint density at radius 3 is 2.67 bits per heavy atom. The first-order chi connectivity index (χ1) is 12.9. The first kappa shape index (κ1) is 19.6. The maximum atomic E-state index is 12.1. The van der Waals surface area contributed by atoms with Crippen molar-refractivity contribution in [2.24, 2.45) is 0 Å². The van der Waals surface area contributed by atoms with Crippen molar-refractivity contribution in [1.82, 2.24) is 10.6 Å². The lowest BCUT2D eigenvalue weighted by atomic mass is 10.2. The fourth-order valence-electron chi connectivity index (χ4n) is 2.73. The van der Waals surface area contributed by atoms with Gasteiger partial charge in [0.15, 0.2) is 0 Å². The normalized spacial score (nSPS) is 21.6. The third kappa shape index (κ3) is 5.17. The highest BCUT2D eigenvalue weighted by atomic mass is 35.5. The number of halogens is 1. The number of amides is 3. The Bertz CT molecular complexity index is 768. The van der Waals surface area contributed by atoms with E-state index in [1.54, 1.807) is 12.1 Å². The van der Waals surface area contributed by atoms with Crippen LogP contribution in [0, 0.1) is 0 Å². The van der Waals surface area contributed by atoms with Crippen LogP contribution in [-0.2, 0) is 20.9 Å². The molecule has 2 heterocycles. The van der Waals surface area contributed by atoms with Crippen molar-refractivity contribution < 1.29 is 19.1 Å². The summed E-state index contributed by atoms with van der Waals surface area (Å²) in [7, 11) is 0. The number of ether oxygens (including phenoxy) is 1. The van der Waals surface area contributed by atoms with Crippen molar-refractivity contribution in [2.45, 2.75) is 30.7 Å². The van der Waals surface area contributed by atoms with Crippen LogP contribution in [0.2, 0.25) is 0 Å². The van der Waals surface area contributed by atoms with Crippen LogP contribution >= 0.6 is 23.4 Å². The minimum absolute atomic E-state index is 0.0968. The van der Waals surface area contributed by atoms with E-state index in [4.69, 9.17) is 16.3 Å². The second kappa shape index (κ2) is 8.67. The highest BCUT2D eigenvalue weighted by Gasteiger charge is 2.33. The van der Waals surface area contributed by atoms with Gasteiger partial charge >= 0.3 is 6.09 Å². The van der Waals surface area contributed by atoms with E-state index in [1.165, 1.54) is 23.6 Å². The number of carbonyl (C=O) groups excluding carboxylic acids is 3. The molecule has 0 saturated carbocycles. The molecule has 1 fully saturated rings. The molecule has 2 aliphatic rings. The highest BCUT2D eigenvalue weighted by molar-refractivity contribution is 8.05. The fraction of sp³-hybridized carbons (Fsp3) is 0.389. The summed E-state index contributed by atoms with van der Waals surface area (Å²) < 4.78 is 5.24. The molecule has 0 spiro atoms. The molecule has 1 saturated heterocycles. The Balaban J connectivity index is 1.51. The summed E-state index contributed by atoms with van der Waals surface area (Å²) in [5, 5.41) is 5.51. The number of cyclic esters (lactones) is 1. The molecule has 2 unspecified atom stereocenters. The summed E-state index contributed by atoms with van der Waals surface area (Å²) in [6.45, 7) is 2.50. The van der Waals surface area contributed by atoms with Crippen molar-refractivity contribution in [3.8, 4) is 0 Å². The minimum atomic E-state index is -0.445. The van der Waals surface area contributed by atoms with E-state index in [2.05, 4.69) is 10.6 Å². The number of hydrogen-bond acceptors (Lipinski definition) is 5. The maximum Gasteiger partial charge on any atom is 0.414 e. The van der Waals surface area contributed by atoms with Gasteiger partial charge in [0.25, 0.3) is 5.91 Å². The maximum absolute atomic E-state index is 12.1. The van der Waals surface area contributed by atoms with Crippen molar-refractivity contribution in [3.05, 3.63) is 40.8 Å². The Morgan fingerprint density at radius 2 is 2.04 bits per heavy atom. The van der Waals surface area contributed by atoms with Crippen LogP contribution in [0.5, 0.6) is 0 Å². The number of alkyl halides is 1. The topological polar surface area (TPSA) is 87.7 Å². The molecule has 0 aromatic heterocycles. The van der Waals surface area contributed by atoms with Gasteiger partial charge in [-0.15, -0.1) is 23.4 Å². The van der Waals surface area contributed by atoms with Gasteiger partial charge in [0.1, 0.15) is 6.10 Å². The molecule has 2 N–H and O–H groups in total. The van der Waals surface area contributed by atoms with E-state index in [1.807, 2.05) is 18.2 Å². The summed E-state index contributed by atoms with van der Waals surface area (Å²) in [5.74, 6) is -0.291. The average molecular weight is 410 g/mol. The van der Waals surface area contributed by atoms with E-state index >= 15 is 0 Å². The van der Waals surface area contributed by atoms with Crippen LogP contribution in [0.25, 0.3) is 0 Å². The molecule has 0 aliphatic carbocycles. The second-order valence-electron chi connectivity index (χ2n) is 6.23. The zero-order valence-electron chi connectivity index (χ0n) is 14.7. The summed E-state index contributed by atoms with van der Waals surface area (Å²) in [5.41, 5.74) is 1.64. The van der Waals surface area contributed by atoms with Gasteiger partial charge in [-0.3, -0.25) is 14.5 Å². The van der Waals surface area contributed by atoms with E-state index < -0.39 is 12.2 Å². The fourth-order valence-corrected chi connectivity index (χ4v) is 3.95. The number of allylic oxidation sites excluding steroid dienone is 1. The lowest BCUT2D eigenvalue weighted by Gasteiger charge is -2.14. The number of benzene rings is 1. The molecule has 1 aromatic carbocycles. The zero-order valence-corrected chi connectivity index (χ0v) is 16.3. The van der Waals surface area contributed by atoms with Crippen LogP contribution in [0.4, 0.5) is 10.5 Å². The predicted molar refractivity (Wildman–Crippen MR) is 105 cm³/mol. The number of hydrogen-bond donors (Lipinski definition) is 2. The van der Waals surface area contributed by atoms with Crippen LogP contribution in [0.15, 0.2) is 35.2 Å². The van der Waals surface area contributed by atoms with E-state index in [-0.39, 0.29) is 23.1 Å². The van der Waals surface area contributed by atoms with Crippen molar-refractivity contribution in [1.29, 1.82) is 0 Å². The molecule has 1 aromatic rings. The molecule has 3 amide bonds. The quantitative estimate of drug-likeness (QED) is 0.704. The van der Waals surface area contributed by atoms with Crippen LogP contribution in [-0.4, -0.2) is 41.8 Å². The van der Waals surface area contributed by atoms with Gasteiger partial charge in [0, 0.05) is 19.2 Å². The molecular formula is C18H20ClN3O4S. The molecule has 0 bridgehead atoms. The monoisotopic (exact) mass is 409 g/mol. The van der Waals surface area contributed by atoms with Crippen LogP contribution < -0.4 is 15.5 Å². The molecule has 2 atom stereocenters. The smallest absolute Gasteiger partial charge is 0.414 e. The minimum Gasteiger partial charge on any atom is -0.442 e. The number of rotatable bonds is 6. The zero-order chi connectivity index (χ0) is 19.4. The third-order valence-electron chi connectivity index (χ3n) is 4.12. The van der Waals surface area contributed by atoms with Crippen LogP contribution in [0.3, 0.4) is 0 Å². The molecule has 27 heavy (non-hydrogen) atoms. The van der Waals surface area contributed by atoms with Gasteiger partial charge in [0.05, 0.1) is 22.7 Å². The molecular weight excluding hydrogens is 390 g/mol. The molecule has 9 heteroatoms. The number of nitrogens with one attached hydrogen (secondary N) is 2. The van der Waals surface area contributed by atoms with Gasteiger partial charge in [-0.25, -0.2) is 4.79 Å². The Kier molecular flexibility index (Phi) is 6.28. The highest BCUT2D eigenvalue weighted by Crippen LogP contribution is 2.34. The molecule has 3 rings (SSSR count). The lowest BCUT2D eigenvalue weighted by molar-refractivity contribution is -0.119. The van der Waals surface area contributed by atoms with E-state index in [0.29, 0.717) is 30.1 Å². The van der Waals surface area contributed by atoms with E-state index in [9.17, 15) is 14.4 Å². The molecule has 0 radical (unpaired) electrons. The number of thioether (sulfide) groups is 1. The van der Waals surface area contributed by atoms with Gasteiger partial charge in [0.2, 0.25) is 5.91 Å². The van der Waals surface area contributed by atoms with Crippen molar-refractivity contribution in [3.63, 3.8) is 0 Å². The van der Waals surface area contributed by atoms with Gasteiger partial charge < -0.3 is 15.4 Å². The van der Waals surface area contributed by atoms with Crippen molar-refractivity contribution >= 4 is 47.0 Å². The molecule has 2 aliphatic heterocycles. The summed E-state index contributed by atoms with van der Waals surface area (Å²) in [4.78, 5) is 37.3. The summed E-state index contributed by atoms with van der Waals surface area (Å²) >= 11 is 7.30. The van der Waals surface area contributed by atoms with E-state index in [0.717, 1.165) is 5.56 Å². The van der Waals surface area contributed by atoms with Crippen LogP contribution in [0.1, 0.15) is 18.9 Å². The van der Waals surface area contributed by atoms with Crippen molar-refractivity contribution in [2.75, 3.05) is 18.0 Å². The Hall–Kier alpha value is -2.19. The SMILES string of the molecule is CC(=O)NCc1ccc(N2CC(CNC(=O)C3=CCC(Cl)S3)OC2=O)cc1. The number of nitrogens with zero attached hydrogens (tertiary/aromatic N) is 1. The molecule has 7 nitrogen and oxygen atoms in total. The standard InChI is InChI=1S/C18H20ClN3O4S/c1-11(23)20-8-12-2-4-13(5-3-12)22-10-14(26-18(22)25)9-21-17(24)15-6-7-16(19)27-15/h2-6,14,16H,7-10H2,1H3,(H,20,23)(H,21,24). The Morgan fingerprint density at radius 1 is 1.30 bits per heavy atom. The average Bonchev–Trinajstić information content (AvgIpc) is 3.24. The third-order valence-corrected chi connectivity index (χ3v) is 5.62. The molecule has 144 valence electrons. The van der Waals surface area contributed by atoms with Gasteiger partial charge in [-0.1, -0.05) is 18.2 Å². The first-order valence-corrected chi connectivity index (χ1v) is 9.84. The lowest BCUT2D eigenvalue weighted by Crippen LogP contribution is -2.34. The predicted octanol–water partition coefficient (Wildman–Crippen LogP) is 2.35. The summed E-state index contributed by atoms with van der Waals surface area (Å²) in [6.07, 6.45) is 1.62. The number of anilines is 1.